The molecule has 196 valence electrons. The highest BCUT2D eigenvalue weighted by Crippen LogP contribution is 2.33. The molecule has 0 radical (unpaired) electrons. The van der Waals surface area contributed by atoms with Crippen molar-refractivity contribution in [3.63, 3.8) is 0 Å². The highest BCUT2D eigenvalue weighted by Gasteiger charge is 2.24. The van der Waals surface area contributed by atoms with Crippen molar-refractivity contribution < 1.29 is 23.1 Å². The third-order valence-electron chi connectivity index (χ3n) is 7.05. The van der Waals surface area contributed by atoms with Gasteiger partial charge in [-0.1, -0.05) is 0 Å². The summed E-state index contributed by atoms with van der Waals surface area (Å²) >= 11 is 0. The van der Waals surface area contributed by atoms with Crippen molar-refractivity contribution in [2.75, 3.05) is 88.4 Å². The summed E-state index contributed by atoms with van der Waals surface area (Å²) in [5.74, 6) is -0.542. The Morgan fingerprint density at radius 3 is 2.35 bits per heavy atom. The third kappa shape index (κ3) is 4.99. The molecule has 5 rings (SSSR count). The molecule has 9 nitrogen and oxygen atoms in total. The number of halogens is 1. The average Bonchev–Trinajstić information content (AvgIpc) is 2.92. The minimum atomic E-state index is -0.544. The van der Waals surface area contributed by atoms with Crippen LogP contribution in [0, 0.1) is 5.82 Å². The van der Waals surface area contributed by atoms with Crippen molar-refractivity contribution in [3.05, 3.63) is 58.2 Å². The zero-order valence-electron chi connectivity index (χ0n) is 21.3. The fraction of sp³-hybridized carbons (Fsp3) is 0.407. The van der Waals surface area contributed by atoms with E-state index in [2.05, 4.69) is 16.8 Å². The third-order valence-corrected chi connectivity index (χ3v) is 7.05. The van der Waals surface area contributed by atoms with E-state index in [1.807, 2.05) is 11.0 Å². The van der Waals surface area contributed by atoms with Crippen molar-refractivity contribution in [2.45, 2.75) is 0 Å². The molecule has 0 atom stereocenters. The molecule has 0 saturated carbocycles. The number of amides is 1. The average molecular weight is 511 g/mol. The SMILES string of the molecule is COc1cc(N2CCN(C)CC2)c2oc(C(=O)N(C)c3ccc(N4CCOCC4)c(F)c3)cc(=O)c2c1. The smallest absolute Gasteiger partial charge is 0.293 e. The van der Waals surface area contributed by atoms with Crippen LogP contribution in [0.4, 0.5) is 21.5 Å². The Labute approximate surface area is 214 Å². The second-order valence-electron chi connectivity index (χ2n) is 9.39. The number of ether oxygens (including phenoxy) is 2. The molecular formula is C27H31FN4O5. The largest absolute Gasteiger partial charge is 0.497 e. The molecule has 0 unspecified atom stereocenters. The number of anilines is 3. The standard InChI is InChI=1S/C27H31FN4O5/c1-29-6-8-31(9-7-29)23-16-19(35-3)15-20-24(33)17-25(37-26(20)23)27(34)30(2)18-4-5-22(21(28)14-18)32-10-12-36-13-11-32/h4-5,14-17H,6-13H2,1-3H3. The minimum Gasteiger partial charge on any atom is -0.497 e. The molecule has 2 aromatic carbocycles. The second kappa shape index (κ2) is 10.4. The Kier molecular flexibility index (Phi) is 7.03. The Hall–Kier alpha value is -3.63. The number of benzene rings is 2. The van der Waals surface area contributed by atoms with Gasteiger partial charge in [0.05, 0.1) is 37.1 Å². The van der Waals surface area contributed by atoms with Gasteiger partial charge in [0.15, 0.2) is 16.8 Å². The van der Waals surface area contributed by atoms with Gasteiger partial charge in [0.25, 0.3) is 5.91 Å². The summed E-state index contributed by atoms with van der Waals surface area (Å²) in [5, 5.41) is 0.341. The number of methoxy groups -OCH3 is 1. The van der Waals surface area contributed by atoms with Crippen LogP contribution in [0.1, 0.15) is 10.6 Å². The molecule has 2 aliphatic heterocycles. The van der Waals surface area contributed by atoms with E-state index in [-0.39, 0.29) is 11.2 Å². The first-order chi connectivity index (χ1) is 17.9. The first-order valence-corrected chi connectivity index (χ1v) is 12.4. The van der Waals surface area contributed by atoms with Gasteiger partial charge in [0, 0.05) is 64.1 Å². The zero-order chi connectivity index (χ0) is 26.1. The first kappa shape index (κ1) is 25.0. The van der Waals surface area contributed by atoms with E-state index in [0.29, 0.717) is 60.1 Å². The Bertz CT molecular complexity index is 1360. The summed E-state index contributed by atoms with van der Waals surface area (Å²) < 4.78 is 31.8. The maximum absolute atomic E-state index is 15.0. The number of nitrogens with zero attached hydrogens (tertiary/aromatic N) is 4. The summed E-state index contributed by atoms with van der Waals surface area (Å²) in [5.41, 5.74) is 1.52. The lowest BCUT2D eigenvalue weighted by Crippen LogP contribution is -2.44. The molecule has 0 N–H and O–H groups in total. The lowest BCUT2D eigenvalue weighted by atomic mass is 10.1. The highest BCUT2D eigenvalue weighted by molar-refractivity contribution is 6.05. The quantitative estimate of drug-likeness (QED) is 0.519. The first-order valence-electron chi connectivity index (χ1n) is 12.4. The maximum atomic E-state index is 15.0. The van der Waals surface area contributed by atoms with Crippen LogP contribution >= 0.6 is 0 Å². The number of carbonyl (C=O) groups excluding carboxylic acids is 1. The number of rotatable bonds is 5. The zero-order valence-corrected chi connectivity index (χ0v) is 21.3. The van der Waals surface area contributed by atoms with Crippen LogP contribution < -0.4 is 24.9 Å². The molecule has 2 aliphatic rings. The number of piperazine rings is 1. The van der Waals surface area contributed by atoms with E-state index in [4.69, 9.17) is 13.9 Å². The topological polar surface area (TPSA) is 78.7 Å². The van der Waals surface area contributed by atoms with Gasteiger partial charge < -0.3 is 33.5 Å². The summed E-state index contributed by atoms with van der Waals surface area (Å²) in [6, 6.07) is 9.31. The van der Waals surface area contributed by atoms with Crippen LogP contribution in [-0.2, 0) is 4.74 Å². The number of likely N-dealkylation sites (N-methyl/N-ethyl adjacent to an activating group) is 1. The fourth-order valence-corrected chi connectivity index (χ4v) is 4.77. The van der Waals surface area contributed by atoms with Gasteiger partial charge in [-0.15, -0.1) is 0 Å². The molecule has 2 saturated heterocycles. The summed E-state index contributed by atoms with van der Waals surface area (Å²) in [4.78, 5) is 34.1. The van der Waals surface area contributed by atoms with Gasteiger partial charge >= 0.3 is 0 Å². The van der Waals surface area contributed by atoms with Gasteiger partial charge in [-0.2, -0.15) is 0 Å². The summed E-state index contributed by atoms with van der Waals surface area (Å²) in [7, 11) is 5.14. The van der Waals surface area contributed by atoms with Gasteiger partial charge in [0.2, 0.25) is 0 Å². The van der Waals surface area contributed by atoms with Crippen LogP contribution in [0.2, 0.25) is 0 Å². The number of fused-ring (bicyclic) bond motifs is 1. The molecule has 0 spiro atoms. The molecule has 3 aromatic rings. The van der Waals surface area contributed by atoms with Gasteiger partial charge in [-0.05, 0) is 31.3 Å². The van der Waals surface area contributed by atoms with Gasteiger partial charge in [-0.3, -0.25) is 9.59 Å². The van der Waals surface area contributed by atoms with Crippen LogP contribution in [0.5, 0.6) is 5.75 Å². The lowest BCUT2D eigenvalue weighted by molar-refractivity contribution is 0.0967. The molecule has 1 aromatic heterocycles. The van der Waals surface area contributed by atoms with E-state index in [9.17, 15) is 14.0 Å². The molecule has 37 heavy (non-hydrogen) atoms. The van der Waals surface area contributed by atoms with Crippen LogP contribution in [-0.4, -0.2) is 84.5 Å². The van der Waals surface area contributed by atoms with Crippen molar-refractivity contribution >= 4 is 33.9 Å². The molecule has 2 fully saturated rings. The normalized spacial score (nSPS) is 16.8. The number of morpholine rings is 1. The molecule has 10 heteroatoms. The molecular weight excluding hydrogens is 479 g/mol. The van der Waals surface area contributed by atoms with Gasteiger partial charge in [-0.25, -0.2) is 4.39 Å². The Morgan fingerprint density at radius 2 is 1.68 bits per heavy atom. The fourth-order valence-electron chi connectivity index (χ4n) is 4.77. The Balaban J connectivity index is 1.48. The number of hydrogen-bond donors (Lipinski definition) is 0. The van der Waals surface area contributed by atoms with E-state index >= 15 is 0 Å². The van der Waals surface area contributed by atoms with E-state index < -0.39 is 11.7 Å². The van der Waals surface area contributed by atoms with Crippen molar-refractivity contribution in [2.24, 2.45) is 0 Å². The van der Waals surface area contributed by atoms with E-state index in [1.165, 1.54) is 24.1 Å². The number of hydrogen-bond acceptors (Lipinski definition) is 8. The van der Waals surface area contributed by atoms with Crippen molar-refractivity contribution in [1.82, 2.24) is 4.90 Å². The molecule has 1 amide bonds. The van der Waals surface area contributed by atoms with Crippen LogP contribution in [0.3, 0.4) is 0 Å². The molecule has 0 aliphatic carbocycles. The van der Waals surface area contributed by atoms with Crippen LogP contribution in [0.25, 0.3) is 11.0 Å². The Morgan fingerprint density at radius 1 is 0.973 bits per heavy atom. The van der Waals surface area contributed by atoms with Crippen molar-refractivity contribution in [3.8, 4) is 5.75 Å². The second-order valence-corrected chi connectivity index (χ2v) is 9.39. The minimum absolute atomic E-state index is 0.113. The summed E-state index contributed by atoms with van der Waals surface area (Å²) in [6.07, 6.45) is 0. The lowest BCUT2D eigenvalue weighted by Gasteiger charge is -2.34. The van der Waals surface area contributed by atoms with E-state index in [0.717, 1.165) is 26.2 Å². The predicted octanol–water partition coefficient (Wildman–Crippen LogP) is 2.81. The molecule has 3 heterocycles. The van der Waals surface area contributed by atoms with Crippen molar-refractivity contribution in [1.29, 1.82) is 0 Å². The van der Waals surface area contributed by atoms with Gasteiger partial charge in [0.1, 0.15) is 11.6 Å². The van der Waals surface area contributed by atoms with Crippen LogP contribution in [0.15, 0.2) is 45.6 Å². The highest BCUT2D eigenvalue weighted by atomic mass is 19.1. The van der Waals surface area contributed by atoms with E-state index in [1.54, 1.807) is 25.3 Å². The molecule has 0 bridgehead atoms. The predicted molar refractivity (Wildman–Crippen MR) is 141 cm³/mol. The number of carbonyl (C=O) groups is 1. The monoisotopic (exact) mass is 510 g/mol. The maximum Gasteiger partial charge on any atom is 0.293 e. The summed E-state index contributed by atoms with van der Waals surface area (Å²) in [6.45, 7) is 5.50.